The first-order valence-electron chi connectivity index (χ1n) is 12.1. The number of fused-ring (bicyclic) bond motifs is 1. The second kappa shape index (κ2) is 11.0. The van der Waals surface area contributed by atoms with Gasteiger partial charge in [-0.1, -0.05) is 29.8 Å². The number of nitrogens with zero attached hydrogens (tertiary/aromatic N) is 3. The van der Waals surface area contributed by atoms with E-state index in [1.807, 2.05) is 24.3 Å². The number of nitrogens with one attached hydrogen (secondary N) is 2. The van der Waals surface area contributed by atoms with Crippen LogP contribution >= 0.6 is 15.9 Å². The third-order valence-corrected chi connectivity index (χ3v) is 6.44. The Kier molecular flexibility index (Phi) is 7.38. The molecule has 0 aliphatic rings. The Labute approximate surface area is 232 Å². The molecule has 39 heavy (non-hydrogen) atoms. The van der Waals surface area contributed by atoms with E-state index in [-0.39, 0.29) is 23.3 Å². The lowest BCUT2D eigenvalue weighted by molar-refractivity contribution is 0.102. The van der Waals surface area contributed by atoms with Crippen molar-refractivity contribution in [1.82, 2.24) is 15.0 Å². The van der Waals surface area contributed by atoms with Gasteiger partial charge in [0.05, 0.1) is 16.8 Å². The van der Waals surface area contributed by atoms with E-state index in [4.69, 9.17) is 10.5 Å². The molecule has 2 heterocycles. The maximum Gasteiger partial charge on any atom is 0.255 e. The maximum atomic E-state index is 14.1. The van der Waals surface area contributed by atoms with Gasteiger partial charge in [-0.05, 0) is 72.6 Å². The topological polar surface area (TPSA) is 115 Å². The number of pyridine rings is 1. The molecular formula is C29H24BrFN6O2. The van der Waals surface area contributed by atoms with E-state index in [2.05, 4.69) is 55.4 Å². The number of hydrogen-bond acceptors (Lipinski definition) is 7. The van der Waals surface area contributed by atoms with E-state index in [1.54, 1.807) is 36.4 Å². The van der Waals surface area contributed by atoms with Crippen molar-refractivity contribution in [1.29, 1.82) is 0 Å². The van der Waals surface area contributed by atoms with Crippen LogP contribution in [0.3, 0.4) is 0 Å². The van der Waals surface area contributed by atoms with Gasteiger partial charge < -0.3 is 21.1 Å². The van der Waals surface area contributed by atoms with E-state index >= 15 is 0 Å². The number of hydrogen-bond donors (Lipinski definition) is 3. The molecule has 0 spiro atoms. The first kappa shape index (κ1) is 26.1. The predicted octanol–water partition coefficient (Wildman–Crippen LogP) is 7.42. The Morgan fingerprint density at radius 3 is 2.54 bits per heavy atom. The van der Waals surface area contributed by atoms with Crippen LogP contribution < -0.4 is 21.1 Å². The number of amides is 1. The normalized spacial score (nSPS) is 11.0. The molecule has 5 rings (SSSR count). The molecule has 0 saturated carbocycles. The number of ether oxygens (including phenoxy) is 1. The van der Waals surface area contributed by atoms with E-state index in [1.165, 1.54) is 18.5 Å². The van der Waals surface area contributed by atoms with Crippen molar-refractivity contribution in [3.05, 3.63) is 101 Å². The second-order valence-electron chi connectivity index (χ2n) is 9.07. The summed E-state index contributed by atoms with van der Waals surface area (Å²) in [7, 11) is 0. The van der Waals surface area contributed by atoms with Crippen LogP contribution in [0.25, 0.3) is 11.0 Å². The van der Waals surface area contributed by atoms with Crippen molar-refractivity contribution in [2.75, 3.05) is 16.4 Å². The molecule has 8 nitrogen and oxygen atoms in total. The summed E-state index contributed by atoms with van der Waals surface area (Å²) in [5.41, 5.74) is 8.52. The smallest absolute Gasteiger partial charge is 0.255 e. The van der Waals surface area contributed by atoms with Crippen molar-refractivity contribution >= 4 is 55.8 Å². The van der Waals surface area contributed by atoms with E-state index in [0.29, 0.717) is 39.5 Å². The molecule has 0 aliphatic carbocycles. The number of anilines is 4. The highest BCUT2D eigenvalue weighted by atomic mass is 79.9. The predicted molar refractivity (Wildman–Crippen MR) is 154 cm³/mol. The first-order valence-corrected chi connectivity index (χ1v) is 12.9. The van der Waals surface area contributed by atoms with Crippen molar-refractivity contribution in [2.45, 2.75) is 19.8 Å². The van der Waals surface area contributed by atoms with Gasteiger partial charge in [0.1, 0.15) is 23.7 Å². The van der Waals surface area contributed by atoms with Gasteiger partial charge in [-0.15, -0.1) is 0 Å². The zero-order chi connectivity index (χ0) is 27.5. The van der Waals surface area contributed by atoms with Gasteiger partial charge in [-0.2, -0.15) is 0 Å². The highest BCUT2D eigenvalue weighted by Gasteiger charge is 2.16. The molecule has 0 unspecified atom stereocenters. The number of aromatic nitrogens is 3. The molecule has 0 aliphatic heterocycles. The number of carbonyl (C=O) groups excluding carboxylic acids is 1. The quantitative estimate of drug-likeness (QED) is 0.170. The van der Waals surface area contributed by atoms with Crippen LogP contribution in [0.1, 0.15) is 35.8 Å². The molecule has 10 heteroatoms. The van der Waals surface area contributed by atoms with Crippen LogP contribution in [0.2, 0.25) is 0 Å². The Hall–Kier alpha value is -4.57. The third-order valence-electron chi connectivity index (χ3n) is 5.91. The summed E-state index contributed by atoms with van der Waals surface area (Å²) < 4.78 is 21.0. The minimum atomic E-state index is -0.596. The molecule has 0 radical (unpaired) electrons. The van der Waals surface area contributed by atoms with Crippen molar-refractivity contribution < 1.29 is 13.9 Å². The summed E-state index contributed by atoms with van der Waals surface area (Å²) in [6, 6.07) is 20.2. The highest BCUT2D eigenvalue weighted by molar-refractivity contribution is 9.10. The molecule has 0 fully saturated rings. The van der Waals surface area contributed by atoms with Crippen molar-refractivity contribution in [3.8, 4) is 11.5 Å². The van der Waals surface area contributed by atoms with Crippen molar-refractivity contribution in [3.63, 3.8) is 0 Å². The lowest BCUT2D eigenvalue weighted by Gasteiger charge is -2.16. The lowest BCUT2D eigenvalue weighted by atomic mass is 10.1. The largest absolute Gasteiger partial charge is 0.455 e. The van der Waals surface area contributed by atoms with Gasteiger partial charge in [-0.25, -0.2) is 19.3 Å². The van der Waals surface area contributed by atoms with Gasteiger partial charge in [0, 0.05) is 27.5 Å². The zero-order valence-electron chi connectivity index (χ0n) is 21.1. The minimum Gasteiger partial charge on any atom is -0.455 e. The van der Waals surface area contributed by atoms with E-state index in [9.17, 15) is 9.18 Å². The van der Waals surface area contributed by atoms with Gasteiger partial charge in [-0.3, -0.25) is 4.79 Å². The number of nitrogen functional groups attached to an aromatic ring is 1. The average molecular weight is 587 g/mol. The summed E-state index contributed by atoms with van der Waals surface area (Å²) in [5, 5.41) is 6.83. The molecule has 3 aromatic carbocycles. The van der Waals surface area contributed by atoms with Gasteiger partial charge in [0.15, 0.2) is 11.4 Å². The summed E-state index contributed by atoms with van der Waals surface area (Å²) in [5.74, 6) is 0.386. The number of halogens is 2. The highest BCUT2D eigenvalue weighted by Crippen LogP contribution is 2.35. The number of nitrogens with two attached hydrogens (primary N) is 1. The first-order chi connectivity index (χ1) is 18.8. The standard InChI is InChI=1S/C29H24BrFN6O2/c1-16(2)24-11-9-21-27(36-24)33-15-34-28(21)37-25-13-17(29(38)35-19-6-4-18(30)5-7-19)3-12-26(25)39-20-8-10-23(32)22(31)14-20/h3-16H,32H2,1-2H3,(H,35,38)(H,33,34,36,37). The summed E-state index contributed by atoms with van der Waals surface area (Å²) in [4.78, 5) is 26.4. The van der Waals surface area contributed by atoms with Crippen LogP contribution in [0, 0.1) is 5.82 Å². The number of rotatable bonds is 7. The maximum absolute atomic E-state index is 14.1. The summed E-state index contributed by atoms with van der Waals surface area (Å²) in [6.45, 7) is 4.12. The molecule has 2 aromatic heterocycles. The third kappa shape index (κ3) is 5.96. The monoisotopic (exact) mass is 586 g/mol. The number of benzene rings is 3. The second-order valence-corrected chi connectivity index (χ2v) is 9.98. The Bertz CT molecular complexity index is 1680. The number of carbonyl (C=O) groups is 1. The minimum absolute atomic E-state index is 0.0152. The van der Waals surface area contributed by atoms with Crippen LogP contribution in [0.5, 0.6) is 11.5 Å². The molecule has 5 aromatic rings. The average Bonchev–Trinajstić information content (AvgIpc) is 2.92. The van der Waals surface area contributed by atoms with Crippen LogP contribution in [-0.4, -0.2) is 20.9 Å². The molecule has 196 valence electrons. The van der Waals surface area contributed by atoms with Gasteiger partial charge in [0.2, 0.25) is 0 Å². The fraction of sp³-hybridized carbons (Fsp3) is 0.103. The Morgan fingerprint density at radius 2 is 1.79 bits per heavy atom. The van der Waals surface area contributed by atoms with Gasteiger partial charge in [0.25, 0.3) is 5.91 Å². The Balaban J connectivity index is 1.52. The van der Waals surface area contributed by atoms with E-state index in [0.717, 1.165) is 10.2 Å². The Morgan fingerprint density at radius 1 is 1.00 bits per heavy atom. The lowest BCUT2D eigenvalue weighted by Crippen LogP contribution is -2.12. The molecule has 1 amide bonds. The fourth-order valence-corrected chi connectivity index (χ4v) is 4.06. The molecule has 0 atom stereocenters. The molecule has 0 saturated heterocycles. The molecular weight excluding hydrogens is 563 g/mol. The summed E-state index contributed by atoms with van der Waals surface area (Å²) >= 11 is 3.39. The van der Waals surface area contributed by atoms with Gasteiger partial charge >= 0.3 is 0 Å². The van der Waals surface area contributed by atoms with Crippen LogP contribution in [-0.2, 0) is 0 Å². The SMILES string of the molecule is CC(C)c1ccc2c(Nc3cc(C(=O)Nc4ccc(Br)cc4)ccc3Oc3ccc(N)c(F)c3)ncnc2n1. The zero-order valence-corrected chi connectivity index (χ0v) is 22.7. The molecule has 0 bridgehead atoms. The van der Waals surface area contributed by atoms with Crippen LogP contribution in [0.4, 0.5) is 27.3 Å². The summed E-state index contributed by atoms with van der Waals surface area (Å²) in [6.07, 6.45) is 1.42. The van der Waals surface area contributed by atoms with Crippen LogP contribution in [0.15, 0.2) is 83.6 Å². The fourth-order valence-electron chi connectivity index (χ4n) is 3.80. The van der Waals surface area contributed by atoms with E-state index < -0.39 is 5.82 Å². The molecule has 4 N–H and O–H groups in total. The van der Waals surface area contributed by atoms with Crippen molar-refractivity contribution in [2.24, 2.45) is 0 Å².